The second-order valence-electron chi connectivity index (χ2n) is 6.45. The first kappa shape index (κ1) is 20.5. The molecule has 0 bridgehead atoms. The fraction of sp³-hybridized carbons (Fsp3) is 0.588. The van der Waals surface area contributed by atoms with Crippen LogP contribution in [-0.4, -0.2) is 37.8 Å². The molecule has 5 nitrogen and oxygen atoms in total. The summed E-state index contributed by atoms with van der Waals surface area (Å²) in [5.41, 5.74) is 0. The number of nitrogens with zero attached hydrogens (tertiary/aromatic N) is 1. The molecule has 1 atom stereocenters. The lowest BCUT2D eigenvalue weighted by molar-refractivity contribution is -0.126. The van der Waals surface area contributed by atoms with Crippen LogP contribution in [0.15, 0.2) is 23.1 Å². The van der Waals surface area contributed by atoms with Crippen LogP contribution in [0.2, 0.25) is 10.0 Å². The molecule has 1 fully saturated rings. The lowest BCUT2D eigenvalue weighted by Gasteiger charge is -2.31. The maximum Gasteiger partial charge on any atom is 0.244 e. The average Bonchev–Trinajstić information content (AvgIpc) is 2.57. The fourth-order valence-corrected chi connectivity index (χ4v) is 5.25. The SMILES string of the molecule is CCC[C@H](C)NC(=O)C1CCN(S(=O)(=O)c2cc(Cl)ccc2Cl)CC1. The molecule has 1 amide bonds. The topological polar surface area (TPSA) is 66.5 Å². The highest BCUT2D eigenvalue weighted by Crippen LogP contribution is 2.30. The van der Waals surface area contributed by atoms with Crippen molar-refractivity contribution in [1.82, 2.24) is 9.62 Å². The van der Waals surface area contributed by atoms with Gasteiger partial charge in [0.05, 0.1) is 5.02 Å². The highest BCUT2D eigenvalue weighted by molar-refractivity contribution is 7.89. The highest BCUT2D eigenvalue weighted by atomic mass is 35.5. The van der Waals surface area contributed by atoms with Crippen LogP contribution >= 0.6 is 23.2 Å². The monoisotopic (exact) mass is 406 g/mol. The number of carbonyl (C=O) groups is 1. The fourth-order valence-electron chi connectivity index (χ4n) is 3.04. The molecule has 0 aromatic heterocycles. The molecule has 1 heterocycles. The second-order valence-corrected chi connectivity index (χ2v) is 9.20. The first-order chi connectivity index (χ1) is 11.8. The molecule has 1 aromatic carbocycles. The molecule has 0 radical (unpaired) electrons. The molecule has 1 N–H and O–H groups in total. The third kappa shape index (κ3) is 5.09. The lowest BCUT2D eigenvalue weighted by atomic mass is 9.96. The normalized spacial score (nSPS) is 18.1. The van der Waals surface area contributed by atoms with Gasteiger partial charge >= 0.3 is 0 Å². The van der Waals surface area contributed by atoms with Crippen LogP contribution in [0.25, 0.3) is 0 Å². The van der Waals surface area contributed by atoms with Gasteiger partial charge in [-0.1, -0.05) is 36.5 Å². The predicted molar refractivity (Wildman–Crippen MR) is 100 cm³/mol. The number of hydrogen-bond donors (Lipinski definition) is 1. The predicted octanol–water partition coefficient (Wildman–Crippen LogP) is 3.70. The van der Waals surface area contributed by atoms with E-state index in [1.807, 2.05) is 6.92 Å². The molecule has 0 unspecified atom stereocenters. The van der Waals surface area contributed by atoms with Crippen molar-refractivity contribution in [3.05, 3.63) is 28.2 Å². The molecule has 1 aliphatic rings. The Morgan fingerprint density at radius 2 is 1.96 bits per heavy atom. The maximum atomic E-state index is 12.8. The summed E-state index contributed by atoms with van der Waals surface area (Å²) in [6.45, 7) is 4.66. The van der Waals surface area contributed by atoms with E-state index in [1.54, 1.807) is 6.07 Å². The van der Waals surface area contributed by atoms with Gasteiger partial charge in [-0.15, -0.1) is 0 Å². The summed E-state index contributed by atoms with van der Waals surface area (Å²) in [5.74, 6) is -0.139. The van der Waals surface area contributed by atoms with E-state index in [9.17, 15) is 13.2 Å². The molecule has 0 saturated carbocycles. The number of piperidine rings is 1. The van der Waals surface area contributed by atoms with Crippen molar-refractivity contribution in [2.24, 2.45) is 5.92 Å². The number of hydrogen-bond acceptors (Lipinski definition) is 3. The van der Waals surface area contributed by atoms with Gasteiger partial charge in [-0.3, -0.25) is 4.79 Å². The van der Waals surface area contributed by atoms with Gasteiger partial charge < -0.3 is 5.32 Å². The molecule has 2 rings (SSSR count). The number of benzene rings is 1. The van der Waals surface area contributed by atoms with Crippen LogP contribution in [0.4, 0.5) is 0 Å². The second kappa shape index (κ2) is 8.71. The summed E-state index contributed by atoms with van der Waals surface area (Å²) in [6.07, 6.45) is 2.95. The van der Waals surface area contributed by atoms with Crippen molar-refractivity contribution < 1.29 is 13.2 Å². The number of rotatable bonds is 6. The Morgan fingerprint density at radius 3 is 2.56 bits per heavy atom. The van der Waals surface area contributed by atoms with E-state index in [1.165, 1.54) is 16.4 Å². The lowest BCUT2D eigenvalue weighted by Crippen LogP contribution is -2.44. The Bertz CT molecular complexity index is 717. The summed E-state index contributed by atoms with van der Waals surface area (Å²) < 4.78 is 26.9. The smallest absolute Gasteiger partial charge is 0.244 e. The van der Waals surface area contributed by atoms with Crippen molar-refractivity contribution in [1.29, 1.82) is 0 Å². The third-order valence-electron chi connectivity index (χ3n) is 4.45. The minimum Gasteiger partial charge on any atom is -0.353 e. The van der Waals surface area contributed by atoms with E-state index < -0.39 is 10.0 Å². The van der Waals surface area contributed by atoms with Gasteiger partial charge in [0.15, 0.2) is 0 Å². The molecule has 1 saturated heterocycles. The van der Waals surface area contributed by atoms with E-state index in [0.717, 1.165) is 12.8 Å². The van der Waals surface area contributed by atoms with Gasteiger partial charge in [0.25, 0.3) is 0 Å². The standard InChI is InChI=1S/C17H24Cl2N2O3S/c1-3-4-12(2)20-17(22)13-7-9-21(10-8-13)25(23,24)16-11-14(18)5-6-15(16)19/h5-6,11-13H,3-4,7-10H2,1-2H3,(H,20,22)/t12-/m0/s1. The first-order valence-corrected chi connectivity index (χ1v) is 10.7. The first-order valence-electron chi connectivity index (χ1n) is 8.51. The average molecular weight is 407 g/mol. The van der Waals surface area contributed by atoms with Gasteiger partial charge in [-0.25, -0.2) is 8.42 Å². The van der Waals surface area contributed by atoms with Crippen LogP contribution in [0.5, 0.6) is 0 Å². The van der Waals surface area contributed by atoms with Crippen LogP contribution in [0.3, 0.4) is 0 Å². The quantitative estimate of drug-likeness (QED) is 0.782. The number of nitrogens with one attached hydrogen (secondary N) is 1. The summed E-state index contributed by atoms with van der Waals surface area (Å²) in [5, 5.41) is 3.48. The zero-order valence-electron chi connectivity index (χ0n) is 14.5. The summed E-state index contributed by atoms with van der Waals surface area (Å²) in [7, 11) is -3.71. The highest BCUT2D eigenvalue weighted by Gasteiger charge is 2.33. The summed E-state index contributed by atoms with van der Waals surface area (Å²) in [6, 6.07) is 4.54. The van der Waals surface area contributed by atoms with E-state index >= 15 is 0 Å². The molecule has 1 aliphatic heterocycles. The van der Waals surface area contributed by atoms with Crippen molar-refractivity contribution in [3.63, 3.8) is 0 Å². The molecular weight excluding hydrogens is 383 g/mol. The number of sulfonamides is 1. The Kier molecular flexibility index (Phi) is 7.14. The van der Waals surface area contributed by atoms with Crippen molar-refractivity contribution in [2.45, 2.75) is 50.5 Å². The van der Waals surface area contributed by atoms with Crippen LogP contribution in [0.1, 0.15) is 39.5 Å². The largest absolute Gasteiger partial charge is 0.353 e. The van der Waals surface area contributed by atoms with Gasteiger partial charge in [0.1, 0.15) is 4.90 Å². The Hall–Kier alpha value is -0.820. The number of carbonyl (C=O) groups excluding carboxylic acids is 1. The molecule has 8 heteroatoms. The molecule has 0 aliphatic carbocycles. The van der Waals surface area contributed by atoms with Crippen molar-refractivity contribution in [3.8, 4) is 0 Å². The van der Waals surface area contributed by atoms with Gasteiger partial charge in [-0.2, -0.15) is 4.31 Å². The zero-order valence-corrected chi connectivity index (χ0v) is 16.8. The molecule has 1 aromatic rings. The number of amides is 1. The third-order valence-corrected chi connectivity index (χ3v) is 7.06. The van der Waals surface area contributed by atoms with Crippen molar-refractivity contribution in [2.75, 3.05) is 13.1 Å². The van der Waals surface area contributed by atoms with Gasteiger partial charge in [0.2, 0.25) is 15.9 Å². The van der Waals surface area contributed by atoms with Gasteiger partial charge in [0, 0.05) is 30.1 Å². The van der Waals surface area contributed by atoms with E-state index in [4.69, 9.17) is 23.2 Å². The molecular formula is C17H24Cl2N2O3S. The zero-order chi connectivity index (χ0) is 18.6. The summed E-state index contributed by atoms with van der Waals surface area (Å²) >= 11 is 11.9. The Morgan fingerprint density at radius 1 is 1.32 bits per heavy atom. The van der Waals surface area contributed by atoms with Gasteiger partial charge in [-0.05, 0) is 44.4 Å². The molecule has 140 valence electrons. The summed E-state index contributed by atoms with van der Waals surface area (Å²) in [4.78, 5) is 12.3. The van der Waals surface area contributed by atoms with E-state index in [-0.39, 0.29) is 27.8 Å². The Labute approximate surface area is 159 Å². The van der Waals surface area contributed by atoms with Crippen LogP contribution in [-0.2, 0) is 14.8 Å². The number of halogens is 2. The van der Waals surface area contributed by atoms with Crippen LogP contribution in [0, 0.1) is 5.92 Å². The maximum absolute atomic E-state index is 12.8. The Balaban J connectivity index is 2.01. The van der Waals surface area contributed by atoms with Crippen LogP contribution < -0.4 is 5.32 Å². The molecule has 25 heavy (non-hydrogen) atoms. The minimum absolute atomic E-state index is 0.0128. The van der Waals surface area contributed by atoms with E-state index in [0.29, 0.717) is 31.0 Å². The molecule has 0 spiro atoms. The minimum atomic E-state index is -3.71. The van der Waals surface area contributed by atoms with E-state index in [2.05, 4.69) is 12.2 Å². The van der Waals surface area contributed by atoms with Crippen molar-refractivity contribution >= 4 is 39.1 Å².